The average molecular weight is 285 g/mol. The number of amides is 1. The van der Waals surface area contributed by atoms with Crippen LogP contribution in [0.15, 0.2) is 48.5 Å². The molecule has 0 aliphatic heterocycles. The molecule has 2 rings (SSSR count). The first-order valence-corrected chi connectivity index (χ1v) is 6.87. The van der Waals surface area contributed by atoms with Crippen LogP contribution < -0.4 is 14.8 Å². The Hall–Kier alpha value is -2.49. The number of nitrogens with one attached hydrogen (secondary N) is 1. The van der Waals surface area contributed by atoms with Crippen LogP contribution in [0.5, 0.6) is 11.5 Å². The number of benzene rings is 2. The van der Waals surface area contributed by atoms with E-state index < -0.39 is 0 Å². The van der Waals surface area contributed by atoms with Crippen molar-refractivity contribution in [1.82, 2.24) is 0 Å². The molecule has 0 fully saturated rings. The van der Waals surface area contributed by atoms with E-state index in [-0.39, 0.29) is 5.91 Å². The van der Waals surface area contributed by atoms with Crippen LogP contribution in [0.25, 0.3) is 0 Å². The smallest absolute Gasteiger partial charge is 0.228 e. The first-order valence-electron chi connectivity index (χ1n) is 6.87. The van der Waals surface area contributed by atoms with Gasteiger partial charge >= 0.3 is 0 Å². The molecule has 4 heteroatoms. The number of hydrogen-bond donors (Lipinski definition) is 1. The second-order valence-corrected chi connectivity index (χ2v) is 4.50. The maximum absolute atomic E-state index is 12.1. The van der Waals surface area contributed by atoms with E-state index in [1.807, 2.05) is 55.5 Å². The molecule has 4 nitrogen and oxygen atoms in total. The summed E-state index contributed by atoms with van der Waals surface area (Å²) in [6, 6.07) is 14.9. The molecule has 0 atom stereocenters. The van der Waals surface area contributed by atoms with E-state index in [0.29, 0.717) is 24.5 Å². The fraction of sp³-hybridized carbons (Fsp3) is 0.235. The predicted octanol–water partition coefficient (Wildman–Crippen LogP) is 3.28. The van der Waals surface area contributed by atoms with E-state index >= 15 is 0 Å². The van der Waals surface area contributed by atoms with Gasteiger partial charge in [-0.15, -0.1) is 0 Å². The molecule has 0 saturated heterocycles. The van der Waals surface area contributed by atoms with Crippen molar-refractivity contribution >= 4 is 11.6 Å². The molecule has 0 aliphatic carbocycles. The zero-order valence-electron chi connectivity index (χ0n) is 12.3. The zero-order valence-corrected chi connectivity index (χ0v) is 12.3. The summed E-state index contributed by atoms with van der Waals surface area (Å²) < 4.78 is 10.6. The van der Waals surface area contributed by atoms with Crippen LogP contribution in [-0.2, 0) is 11.2 Å². The first kappa shape index (κ1) is 14.9. The van der Waals surface area contributed by atoms with Gasteiger partial charge in [-0.3, -0.25) is 4.79 Å². The molecule has 1 amide bonds. The minimum atomic E-state index is -0.0799. The first-order chi connectivity index (χ1) is 10.2. The van der Waals surface area contributed by atoms with Gasteiger partial charge in [0.05, 0.1) is 25.8 Å². The van der Waals surface area contributed by atoms with Gasteiger partial charge in [-0.1, -0.05) is 24.3 Å². The van der Waals surface area contributed by atoms with Gasteiger partial charge in [0.25, 0.3) is 0 Å². The molecule has 2 aromatic carbocycles. The Morgan fingerprint density at radius 3 is 2.48 bits per heavy atom. The van der Waals surface area contributed by atoms with Crippen molar-refractivity contribution in [3.05, 3.63) is 54.1 Å². The van der Waals surface area contributed by atoms with E-state index in [0.717, 1.165) is 11.3 Å². The number of carbonyl (C=O) groups is 1. The Morgan fingerprint density at radius 1 is 1.10 bits per heavy atom. The fourth-order valence-corrected chi connectivity index (χ4v) is 2.00. The molecule has 21 heavy (non-hydrogen) atoms. The van der Waals surface area contributed by atoms with Crippen molar-refractivity contribution in [3.8, 4) is 11.5 Å². The third-order valence-corrected chi connectivity index (χ3v) is 2.98. The molecule has 0 bridgehead atoms. The van der Waals surface area contributed by atoms with Crippen molar-refractivity contribution in [3.63, 3.8) is 0 Å². The van der Waals surface area contributed by atoms with Crippen LogP contribution in [0.4, 0.5) is 5.69 Å². The molecule has 0 unspecified atom stereocenters. The van der Waals surface area contributed by atoms with Crippen LogP contribution in [0.3, 0.4) is 0 Å². The predicted molar refractivity (Wildman–Crippen MR) is 82.9 cm³/mol. The Balaban J connectivity index is 1.98. The van der Waals surface area contributed by atoms with Crippen LogP contribution in [0, 0.1) is 0 Å². The maximum atomic E-state index is 12.1. The van der Waals surface area contributed by atoms with E-state index in [2.05, 4.69) is 5.32 Å². The second-order valence-electron chi connectivity index (χ2n) is 4.50. The molecule has 2 aromatic rings. The number of rotatable bonds is 6. The van der Waals surface area contributed by atoms with Crippen LogP contribution in [-0.4, -0.2) is 19.6 Å². The van der Waals surface area contributed by atoms with Crippen LogP contribution in [0.1, 0.15) is 12.5 Å². The lowest BCUT2D eigenvalue weighted by Gasteiger charge is -2.10. The second kappa shape index (κ2) is 7.33. The van der Waals surface area contributed by atoms with Crippen molar-refractivity contribution in [2.75, 3.05) is 19.0 Å². The number of methoxy groups -OCH3 is 1. The minimum absolute atomic E-state index is 0.0799. The van der Waals surface area contributed by atoms with E-state index in [1.54, 1.807) is 7.11 Å². The lowest BCUT2D eigenvalue weighted by molar-refractivity contribution is -0.115. The minimum Gasteiger partial charge on any atom is -0.495 e. The molecular weight excluding hydrogens is 266 g/mol. The number of hydrogen-bond acceptors (Lipinski definition) is 3. The lowest BCUT2D eigenvalue weighted by atomic mass is 10.1. The highest BCUT2D eigenvalue weighted by Crippen LogP contribution is 2.23. The molecule has 110 valence electrons. The summed E-state index contributed by atoms with van der Waals surface area (Å²) in [6.45, 7) is 2.57. The highest BCUT2D eigenvalue weighted by atomic mass is 16.5. The van der Waals surface area contributed by atoms with E-state index in [4.69, 9.17) is 9.47 Å². The van der Waals surface area contributed by atoms with Gasteiger partial charge in [-0.25, -0.2) is 0 Å². The summed E-state index contributed by atoms with van der Waals surface area (Å²) >= 11 is 0. The third-order valence-electron chi connectivity index (χ3n) is 2.98. The normalized spacial score (nSPS) is 10.0. The summed E-state index contributed by atoms with van der Waals surface area (Å²) in [4.78, 5) is 12.1. The Labute approximate surface area is 124 Å². The fourth-order valence-electron chi connectivity index (χ4n) is 2.00. The zero-order chi connectivity index (χ0) is 15.1. The highest BCUT2D eigenvalue weighted by molar-refractivity contribution is 5.93. The Kier molecular flexibility index (Phi) is 5.21. The van der Waals surface area contributed by atoms with Gasteiger partial charge in [0.15, 0.2) is 0 Å². The summed E-state index contributed by atoms with van der Waals surface area (Å²) in [5, 5.41) is 2.85. The molecule has 0 heterocycles. The van der Waals surface area contributed by atoms with Gasteiger partial charge in [-0.2, -0.15) is 0 Å². The highest BCUT2D eigenvalue weighted by Gasteiger charge is 2.07. The molecular formula is C17H19NO3. The molecule has 0 radical (unpaired) electrons. The quantitative estimate of drug-likeness (QED) is 0.886. The van der Waals surface area contributed by atoms with E-state index in [1.165, 1.54) is 0 Å². The summed E-state index contributed by atoms with van der Waals surface area (Å²) in [5.41, 5.74) is 1.61. The standard InChI is InChI=1S/C17H19NO3/c1-3-21-14-10-8-13(9-11-14)12-17(19)18-15-6-4-5-7-16(15)20-2/h4-11H,3,12H2,1-2H3,(H,18,19). The van der Waals surface area contributed by atoms with E-state index in [9.17, 15) is 4.79 Å². The number of anilines is 1. The number of carbonyl (C=O) groups excluding carboxylic acids is 1. The van der Waals surface area contributed by atoms with Crippen molar-refractivity contribution < 1.29 is 14.3 Å². The summed E-state index contributed by atoms with van der Waals surface area (Å²) in [7, 11) is 1.58. The average Bonchev–Trinajstić information content (AvgIpc) is 2.50. The SMILES string of the molecule is CCOc1ccc(CC(=O)Nc2ccccc2OC)cc1. The maximum Gasteiger partial charge on any atom is 0.228 e. The number of ether oxygens (including phenoxy) is 2. The van der Waals surface area contributed by atoms with Crippen LogP contribution >= 0.6 is 0 Å². The van der Waals surface area contributed by atoms with Gasteiger partial charge < -0.3 is 14.8 Å². The molecule has 1 N–H and O–H groups in total. The molecule has 0 aromatic heterocycles. The van der Waals surface area contributed by atoms with Crippen LogP contribution in [0.2, 0.25) is 0 Å². The van der Waals surface area contributed by atoms with Crippen molar-refractivity contribution in [2.24, 2.45) is 0 Å². The molecule has 0 aliphatic rings. The van der Waals surface area contributed by atoms with Gasteiger partial charge in [0, 0.05) is 0 Å². The Morgan fingerprint density at radius 2 is 1.81 bits per heavy atom. The lowest BCUT2D eigenvalue weighted by Crippen LogP contribution is -2.14. The third kappa shape index (κ3) is 4.24. The topological polar surface area (TPSA) is 47.6 Å². The van der Waals surface area contributed by atoms with Gasteiger partial charge in [0.1, 0.15) is 11.5 Å². The number of para-hydroxylation sites is 2. The molecule has 0 spiro atoms. The molecule has 0 saturated carbocycles. The van der Waals surface area contributed by atoms with Crippen molar-refractivity contribution in [1.29, 1.82) is 0 Å². The Bertz CT molecular complexity index is 593. The van der Waals surface area contributed by atoms with Gasteiger partial charge in [-0.05, 0) is 36.8 Å². The largest absolute Gasteiger partial charge is 0.495 e. The van der Waals surface area contributed by atoms with Gasteiger partial charge in [0.2, 0.25) is 5.91 Å². The monoisotopic (exact) mass is 285 g/mol. The summed E-state index contributed by atoms with van der Waals surface area (Å²) in [6.07, 6.45) is 0.310. The summed E-state index contributed by atoms with van der Waals surface area (Å²) in [5.74, 6) is 1.38. The van der Waals surface area contributed by atoms with Crippen molar-refractivity contribution in [2.45, 2.75) is 13.3 Å².